The third kappa shape index (κ3) is 7.83. The molecule has 0 aliphatic rings. The Hall–Kier alpha value is -0.520. The third-order valence-electron chi connectivity index (χ3n) is 2.25. The van der Waals surface area contributed by atoms with Crippen molar-refractivity contribution in [3.8, 4) is 0 Å². The summed E-state index contributed by atoms with van der Waals surface area (Å²) in [6, 6.07) is 0. The summed E-state index contributed by atoms with van der Waals surface area (Å²) in [5, 5.41) is 0. The molecule has 0 saturated carbocycles. The first kappa shape index (κ1) is 12.5. The molecule has 0 N–H and O–H groups in total. The number of unbranched alkanes of at least 4 members (excludes halogenated alkanes) is 2. The fourth-order valence-corrected chi connectivity index (χ4v) is 1.50. The van der Waals surface area contributed by atoms with Crippen molar-refractivity contribution >= 4 is 0 Å². The van der Waals surface area contributed by atoms with Crippen LogP contribution in [-0.2, 0) is 0 Å². The van der Waals surface area contributed by atoms with Crippen molar-refractivity contribution in [3.05, 3.63) is 24.3 Å². The molecule has 0 heteroatoms. The fraction of sp³-hybridized carbons (Fsp3) is 0.692. The molecule has 0 atom stereocenters. The van der Waals surface area contributed by atoms with Crippen LogP contribution in [0.4, 0.5) is 0 Å². The van der Waals surface area contributed by atoms with E-state index < -0.39 is 0 Å². The van der Waals surface area contributed by atoms with Gasteiger partial charge in [0, 0.05) is 0 Å². The van der Waals surface area contributed by atoms with Crippen LogP contribution in [0.3, 0.4) is 0 Å². The Bertz CT molecular complexity index is 142. The lowest BCUT2D eigenvalue weighted by Gasteiger charge is -2.05. The summed E-state index contributed by atoms with van der Waals surface area (Å²) in [6.07, 6.45) is 13.3. The standard InChI is InChI=1S/C13H24/c1-4-7-9-12-13(10-6-3)11-8-5-2/h4,10H,1,5-9,11-12H2,2-3H3/b13-10+. The minimum Gasteiger partial charge on any atom is -0.103 e. The predicted molar refractivity (Wildman–Crippen MR) is 61.9 cm³/mol. The van der Waals surface area contributed by atoms with E-state index in [0.717, 1.165) is 6.42 Å². The number of hydrogen-bond acceptors (Lipinski definition) is 0. The van der Waals surface area contributed by atoms with Gasteiger partial charge in [-0.05, 0) is 38.5 Å². The van der Waals surface area contributed by atoms with E-state index >= 15 is 0 Å². The maximum atomic E-state index is 3.75. The highest BCUT2D eigenvalue weighted by molar-refractivity contribution is 5.01. The van der Waals surface area contributed by atoms with E-state index in [-0.39, 0.29) is 0 Å². The first-order valence-electron chi connectivity index (χ1n) is 5.63. The Kier molecular flexibility index (Phi) is 9.18. The van der Waals surface area contributed by atoms with Crippen LogP contribution >= 0.6 is 0 Å². The molecule has 0 radical (unpaired) electrons. The van der Waals surface area contributed by atoms with Crippen molar-refractivity contribution in [1.82, 2.24) is 0 Å². The topological polar surface area (TPSA) is 0 Å². The summed E-state index contributed by atoms with van der Waals surface area (Å²) in [4.78, 5) is 0. The Labute approximate surface area is 83.7 Å². The van der Waals surface area contributed by atoms with E-state index in [0.29, 0.717) is 0 Å². The predicted octanol–water partition coefficient (Wildman–Crippen LogP) is 4.87. The summed E-state index contributed by atoms with van der Waals surface area (Å²) in [6.45, 7) is 8.23. The van der Waals surface area contributed by atoms with Crippen LogP contribution in [0.25, 0.3) is 0 Å². The Morgan fingerprint density at radius 1 is 1.15 bits per heavy atom. The van der Waals surface area contributed by atoms with Gasteiger partial charge in [0.1, 0.15) is 0 Å². The average Bonchev–Trinajstić information content (AvgIpc) is 2.14. The van der Waals surface area contributed by atoms with Gasteiger partial charge in [0.25, 0.3) is 0 Å². The van der Waals surface area contributed by atoms with E-state index in [1.54, 1.807) is 5.57 Å². The van der Waals surface area contributed by atoms with Crippen molar-refractivity contribution in [2.75, 3.05) is 0 Å². The van der Waals surface area contributed by atoms with Gasteiger partial charge in [-0.3, -0.25) is 0 Å². The van der Waals surface area contributed by atoms with Crippen LogP contribution in [0, 0.1) is 0 Å². The van der Waals surface area contributed by atoms with Gasteiger partial charge in [0.05, 0.1) is 0 Å². The van der Waals surface area contributed by atoms with Gasteiger partial charge in [0.2, 0.25) is 0 Å². The monoisotopic (exact) mass is 180 g/mol. The van der Waals surface area contributed by atoms with Crippen molar-refractivity contribution < 1.29 is 0 Å². The van der Waals surface area contributed by atoms with Crippen LogP contribution in [0.15, 0.2) is 24.3 Å². The summed E-state index contributed by atoms with van der Waals surface area (Å²) < 4.78 is 0. The largest absolute Gasteiger partial charge is 0.103 e. The normalized spacial score (nSPS) is 11.7. The summed E-state index contributed by atoms with van der Waals surface area (Å²) in [7, 11) is 0. The highest BCUT2D eigenvalue weighted by atomic mass is 14.0. The maximum Gasteiger partial charge on any atom is -0.0317 e. The SMILES string of the molecule is C=CCCC/C(=C/CC)CCCC. The minimum absolute atomic E-state index is 1.16. The molecule has 76 valence electrons. The molecule has 0 saturated heterocycles. The van der Waals surface area contributed by atoms with Crippen molar-refractivity contribution in [1.29, 1.82) is 0 Å². The number of rotatable bonds is 8. The fourth-order valence-electron chi connectivity index (χ4n) is 1.50. The second kappa shape index (κ2) is 9.57. The first-order chi connectivity index (χ1) is 6.35. The molecule has 13 heavy (non-hydrogen) atoms. The molecular formula is C13H24. The average molecular weight is 180 g/mol. The zero-order chi connectivity index (χ0) is 9.94. The Balaban J connectivity index is 3.66. The van der Waals surface area contributed by atoms with Gasteiger partial charge in [-0.2, -0.15) is 0 Å². The molecule has 0 fully saturated rings. The molecule has 0 spiro atoms. The summed E-state index contributed by atoms with van der Waals surface area (Å²) in [5.74, 6) is 0. The lowest BCUT2D eigenvalue weighted by Crippen LogP contribution is -1.85. The van der Waals surface area contributed by atoms with E-state index in [1.807, 2.05) is 6.08 Å². The zero-order valence-corrected chi connectivity index (χ0v) is 9.31. The molecule has 0 aliphatic heterocycles. The number of hydrogen-bond donors (Lipinski definition) is 0. The molecule has 0 rings (SSSR count). The zero-order valence-electron chi connectivity index (χ0n) is 9.31. The van der Waals surface area contributed by atoms with E-state index in [1.165, 1.54) is 38.5 Å². The van der Waals surface area contributed by atoms with Crippen LogP contribution < -0.4 is 0 Å². The highest BCUT2D eigenvalue weighted by Crippen LogP contribution is 2.15. The number of allylic oxidation sites excluding steroid dienone is 3. The van der Waals surface area contributed by atoms with Crippen LogP contribution in [0.5, 0.6) is 0 Å². The first-order valence-corrected chi connectivity index (χ1v) is 5.63. The second-order valence-electron chi connectivity index (χ2n) is 3.56. The molecule has 0 aromatic carbocycles. The summed E-state index contributed by atoms with van der Waals surface area (Å²) >= 11 is 0. The smallest absolute Gasteiger partial charge is 0.0317 e. The molecule has 0 unspecified atom stereocenters. The van der Waals surface area contributed by atoms with Crippen LogP contribution in [0.1, 0.15) is 58.8 Å². The van der Waals surface area contributed by atoms with Crippen LogP contribution in [-0.4, -0.2) is 0 Å². The minimum atomic E-state index is 1.16. The van der Waals surface area contributed by atoms with Gasteiger partial charge in [-0.15, -0.1) is 6.58 Å². The maximum absolute atomic E-state index is 3.75. The molecule has 0 aliphatic carbocycles. The highest BCUT2D eigenvalue weighted by Gasteiger charge is 1.95. The van der Waals surface area contributed by atoms with Gasteiger partial charge >= 0.3 is 0 Å². The second-order valence-corrected chi connectivity index (χ2v) is 3.56. The van der Waals surface area contributed by atoms with E-state index in [4.69, 9.17) is 0 Å². The Morgan fingerprint density at radius 2 is 1.85 bits per heavy atom. The quantitative estimate of drug-likeness (QED) is 0.369. The van der Waals surface area contributed by atoms with Crippen LogP contribution in [0.2, 0.25) is 0 Å². The molecule has 0 nitrogen and oxygen atoms in total. The van der Waals surface area contributed by atoms with Crippen molar-refractivity contribution in [2.24, 2.45) is 0 Å². The van der Waals surface area contributed by atoms with Gasteiger partial charge < -0.3 is 0 Å². The molecule has 0 aromatic heterocycles. The van der Waals surface area contributed by atoms with Crippen molar-refractivity contribution in [2.45, 2.75) is 58.8 Å². The van der Waals surface area contributed by atoms with Gasteiger partial charge in [-0.1, -0.05) is 38.0 Å². The lowest BCUT2D eigenvalue weighted by molar-refractivity contribution is 0.723. The van der Waals surface area contributed by atoms with Crippen molar-refractivity contribution in [3.63, 3.8) is 0 Å². The van der Waals surface area contributed by atoms with E-state index in [9.17, 15) is 0 Å². The summed E-state index contributed by atoms with van der Waals surface area (Å²) in [5.41, 5.74) is 1.66. The molecule has 0 bridgehead atoms. The Morgan fingerprint density at radius 3 is 2.38 bits per heavy atom. The van der Waals surface area contributed by atoms with Gasteiger partial charge in [0.15, 0.2) is 0 Å². The molecular weight excluding hydrogens is 156 g/mol. The molecule has 0 aromatic rings. The molecule has 0 amide bonds. The molecule has 0 heterocycles. The lowest BCUT2D eigenvalue weighted by atomic mass is 10.0. The van der Waals surface area contributed by atoms with E-state index in [2.05, 4.69) is 26.5 Å². The van der Waals surface area contributed by atoms with Gasteiger partial charge in [-0.25, -0.2) is 0 Å². The third-order valence-corrected chi connectivity index (χ3v) is 2.25.